The molecule has 116 valence electrons. The van der Waals surface area contributed by atoms with Crippen LogP contribution in [0.4, 0.5) is 0 Å². The average molecular weight is 284 g/mol. The van der Waals surface area contributed by atoms with Crippen molar-refractivity contribution in [2.24, 2.45) is 0 Å². The average Bonchev–Trinajstić information content (AvgIpc) is 2.48. The van der Waals surface area contributed by atoms with Crippen molar-refractivity contribution in [3.63, 3.8) is 0 Å². The molecule has 0 spiro atoms. The number of esters is 1. The van der Waals surface area contributed by atoms with E-state index in [1.54, 1.807) is 0 Å². The zero-order chi connectivity index (χ0) is 15.0. The van der Waals surface area contributed by atoms with Gasteiger partial charge in [-0.2, -0.15) is 0 Å². The molecule has 5 heteroatoms. The first-order valence-corrected chi connectivity index (χ1v) is 7.71. The van der Waals surface area contributed by atoms with Gasteiger partial charge in [-0.15, -0.1) is 0 Å². The Hall–Kier alpha value is -1.10. The Kier molecular flexibility index (Phi) is 7.59. The molecule has 20 heavy (non-hydrogen) atoms. The van der Waals surface area contributed by atoms with Gasteiger partial charge in [0.05, 0.1) is 20.2 Å². The van der Waals surface area contributed by atoms with E-state index in [4.69, 9.17) is 0 Å². The van der Waals surface area contributed by atoms with Crippen LogP contribution in [0.5, 0.6) is 0 Å². The first-order valence-electron chi connectivity index (χ1n) is 7.71. The third-order valence-electron chi connectivity index (χ3n) is 4.06. The first-order chi connectivity index (χ1) is 9.62. The number of methoxy groups -OCH3 is 1. The quantitative estimate of drug-likeness (QED) is 0.667. The van der Waals surface area contributed by atoms with E-state index in [9.17, 15) is 9.59 Å². The number of amides is 1. The Morgan fingerprint density at radius 1 is 1.05 bits per heavy atom. The summed E-state index contributed by atoms with van der Waals surface area (Å²) in [5.74, 6) is -0.162. The van der Waals surface area contributed by atoms with Crippen LogP contribution in [-0.4, -0.2) is 61.0 Å². The molecule has 5 nitrogen and oxygen atoms in total. The number of ether oxygens (including phenoxy) is 1. The third-order valence-corrected chi connectivity index (χ3v) is 4.06. The second-order valence-corrected chi connectivity index (χ2v) is 5.35. The highest BCUT2D eigenvalue weighted by Crippen LogP contribution is 2.22. The molecule has 1 aliphatic carbocycles. The van der Waals surface area contributed by atoms with Gasteiger partial charge in [-0.1, -0.05) is 26.2 Å². The van der Waals surface area contributed by atoms with Crippen LogP contribution >= 0.6 is 0 Å². The maximum absolute atomic E-state index is 12.4. The molecule has 0 heterocycles. The Bertz CT molecular complexity index is 314. The Labute approximate surface area is 122 Å². The lowest BCUT2D eigenvalue weighted by atomic mass is 9.94. The molecule has 0 radical (unpaired) electrons. The summed E-state index contributed by atoms with van der Waals surface area (Å²) in [6.45, 7) is 5.88. The van der Waals surface area contributed by atoms with Crippen molar-refractivity contribution in [1.82, 2.24) is 9.80 Å². The van der Waals surface area contributed by atoms with Crippen LogP contribution in [0.15, 0.2) is 0 Å². The number of nitrogens with zero attached hydrogens (tertiary/aromatic N) is 2. The van der Waals surface area contributed by atoms with Gasteiger partial charge in [0, 0.05) is 12.6 Å². The fourth-order valence-electron chi connectivity index (χ4n) is 2.84. The molecule has 1 amide bonds. The minimum absolute atomic E-state index is 0.130. The molecular weight excluding hydrogens is 256 g/mol. The first kappa shape index (κ1) is 17.0. The van der Waals surface area contributed by atoms with Gasteiger partial charge in [-0.05, 0) is 26.3 Å². The molecule has 0 aliphatic heterocycles. The topological polar surface area (TPSA) is 49.9 Å². The summed E-state index contributed by atoms with van der Waals surface area (Å²) < 4.78 is 4.66. The molecule has 0 saturated heterocycles. The van der Waals surface area contributed by atoms with Crippen LogP contribution in [0.1, 0.15) is 46.0 Å². The van der Waals surface area contributed by atoms with E-state index in [0.29, 0.717) is 19.1 Å². The molecule has 0 aromatic rings. The summed E-state index contributed by atoms with van der Waals surface area (Å²) in [5.41, 5.74) is 0. The van der Waals surface area contributed by atoms with E-state index in [2.05, 4.69) is 4.74 Å². The minimum atomic E-state index is -0.291. The Morgan fingerprint density at radius 3 is 2.20 bits per heavy atom. The van der Waals surface area contributed by atoms with E-state index in [0.717, 1.165) is 19.4 Å². The van der Waals surface area contributed by atoms with Gasteiger partial charge in [0.1, 0.15) is 0 Å². The highest BCUT2D eigenvalue weighted by atomic mass is 16.5. The summed E-state index contributed by atoms with van der Waals surface area (Å²) >= 11 is 0. The van der Waals surface area contributed by atoms with Crippen LogP contribution in [-0.2, 0) is 14.3 Å². The number of hydrogen-bond acceptors (Lipinski definition) is 4. The monoisotopic (exact) mass is 284 g/mol. The molecule has 0 aromatic carbocycles. The third kappa shape index (κ3) is 5.12. The predicted molar refractivity (Wildman–Crippen MR) is 78.4 cm³/mol. The van der Waals surface area contributed by atoms with E-state index >= 15 is 0 Å². The standard InChI is InChI=1S/C15H28N2O3/c1-4-16(12-15(19)20-3)11-14(18)17(5-2)13-9-7-6-8-10-13/h13H,4-12H2,1-3H3. The zero-order valence-corrected chi connectivity index (χ0v) is 13.1. The zero-order valence-electron chi connectivity index (χ0n) is 13.1. The van der Waals surface area contributed by atoms with Crippen LogP contribution in [0.3, 0.4) is 0 Å². The molecule has 0 unspecified atom stereocenters. The van der Waals surface area contributed by atoms with Crippen molar-refractivity contribution in [1.29, 1.82) is 0 Å². The van der Waals surface area contributed by atoms with Crippen molar-refractivity contribution < 1.29 is 14.3 Å². The molecule has 1 aliphatic rings. The maximum Gasteiger partial charge on any atom is 0.319 e. The Morgan fingerprint density at radius 2 is 1.70 bits per heavy atom. The predicted octanol–water partition coefficient (Wildman–Crippen LogP) is 1.66. The normalized spacial score (nSPS) is 16.2. The highest BCUT2D eigenvalue weighted by molar-refractivity contribution is 5.79. The lowest BCUT2D eigenvalue weighted by Gasteiger charge is -2.35. The number of likely N-dealkylation sites (N-methyl/N-ethyl adjacent to an activating group) is 2. The van der Waals surface area contributed by atoms with E-state index in [1.807, 2.05) is 23.6 Å². The summed E-state index contributed by atoms with van der Waals surface area (Å²) in [6.07, 6.45) is 5.94. The summed E-state index contributed by atoms with van der Waals surface area (Å²) in [5, 5.41) is 0. The Balaban J connectivity index is 2.53. The van der Waals surface area contributed by atoms with Crippen LogP contribution in [0, 0.1) is 0 Å². The summed E-state index contributed by atoms with van der Waals surface area (Å²) in [6, 6.07) is 0.387. The lowest BCUT2D eigenvalue weighted by molar-refractivity contribution is -0.143. The number of carbonyl (C=O) groups excluding carboxylic acids is 2. The fraction of sp³-hybridized carbons (Fsp3) is 0.867. The van der Waals surface area contributed by atoms with Gasteiger partial charge in [-0.3, -0.25) is 14.5 Å². The van der Waals surface area contributed by atoms with Crippen molar-refractivity contribution in [2.75, 3.05) is 33.3 Å². The SMILES string of the molecule is CCN(CC(=O)OC)CC(=O)N(CC)C1CCCCC1. The largest absolute Gasteiger partial charge is 0.468 e. The fourth-order valence-corrected chi connectivity index (χ4v) is 2.84. The van der Waals surface area contributed by atoms with E-state index < -0.39 is 0 Å². The molecular formula is C15H28N2O3. The molecule has 1 fully saturated rings. The molecule has 0 atom stereocenters. The molecule has 1 rings (SSSR count). The van der Waals surface area contributed by atoms with Crippen molar-refractivity contribution >= 4 is 11.9 Å². The van der Waals surface area contributed by atoms with Gasteiger partial charge >= 0.3 is 5.97 Å². The van der Waals surface area contributed by atoms with Crippen molar-refractivity contribution in [2.45, 2.75) is 52.0 Å². The minimum Gasteiger partial charge on any atom is -0.468 e. The second-order valence-electron chi connectivity index (χ2n) is 5.35. The number of carbonyl (C=O) groups is 2. The van der Waals surface area contributed by atoms with E-state index in [-0.39, 0.29) is 18.4 Å². The molecule has 0 bridgehead atoms. The van der Waals surface area contributed by atoms with Crippen LogP contribution in [0.2, 0.25) is 0 Å². The molecule has 1 saturated carbocycles. The van der Waals surface area contributed by atoms with Crippen LogP contribution < -0.4 is 0 Å². The van der Waals surface area contributed by atoms with E-state index in [1.165, 1.54) is 26.4 Å². The van der Waals surface area contributed by atoms with Crippen molar-refractivity contribution in [3.8, 4) is 0 Å². The molecule has 0 N–H and O–H groups in total. The smallest absolute Gasteiger partial charge is 0.319 e. The van der Waals surface area contributed by atoms with Gasteiger partial charge < -0.3 is 9.64 Å². The van der Waals surface area contributed by atoms with Gasteiger partial charge in [-0.25, -0.2) is 0 Å². The second kappa shape index (κ2) is 8.95. The molecule has 0 aromatic heterocycles. The number of hydrogen-bond donors (Lipinski definition) is 0. The van der Waals surface area contributed by atoms with Gasteiger partial charge in [0.2, 0.25) is 5.91 Å². The summed E-state index contributed by atoms with van der Waals surface area (Å²) in [4.78, 5) is 27.6. The number of rotatable bonds is 7. The summed E-state index contributed by atoms with van der Waals surface area (Å²) in [7, 11) is 1.37. The van der Waals surface area contributed by atoms with Gasteiger partial charge in [0.15, 0.2) is 0 Å². The lowest BCUT2D eigenvalue weighted by Crippen LogP contribution is -2.47. The van der Waals surface area contributed by atoms with Crippen molar-refractivity contribution in [3.05, 3.63) is 0 Å². The van der Waals surface area contributed by atoms with Crippen LogP contribution in [0.25, 0.3) is 0 Å². The van der Waals surface area contributed by atoms with Gasteiger partial charge in [0.25, 0.3) is 0 Å². The maximum atomic E-state index is 12.4. The highest BCUT2D eigenvalue weighted by Gasteiger charge is 2.25.